The Balaban J connectivity index is 1.81. The van der Waals surface area contributed by atoms with Crippen LogP contribution in [0.25, 0.3) is 0 Å². The van der Waals surface area contributed by atoms with Gasteiger partial charge in [-0.3, -0.25) is 4.90 Å². The van der Waals surface area contributed by atoms with E-state index in [1.165, 1.54) is 38.3 Å². The fraction of sp³-hybridized carbons (Fsp3) is 0.688. The summed E-state index contributed by atoms with van der Waals surface area (Å²) in [5.74, 6) is 1.76. The molecule has 1 N–H and O–H groups in total. The number of anilines is 1. The van der Waals surface area contributed by atoms with Crippen LogP contribution >= 0.6 is 0 Å². The van der Waals surface area contributed by atoms with E-state index in [9.17, 15) is 0 Å². The van der Waals surface area contributed by atoms with Gasteiger partial charge in [0, 0.05) is 52.0 Å². The topological polar surface area (TPSA) is 31.4 Å². The lowest BCUT2D eigenvalue weighted by atomic mass is 10.1. The van der Waals surface area contributed by atoms with Crippen LogP contribution in [0.4, 0.5) is 5.82 Å². The molecule has 1 aliphatic heterocycles. The number of hydrogen-bond donors (Lipinski definition) is 1. The molecule has 4 heteroatoms. The van der Waals surface area contributed by atoms with Gasteiger partial charge in [0.1, 0.15) is 5.82 Å². The first-order chi connectivity index (χ1) is 9.67. The molecule has 1 fully saturated rings. The van der Waals surface area contributed by atoms with Crippen molar-refractivity contribution in [2.24, 2.45) is 5.92 Å². The third kappa shape index (κ3) is 4.76. The number of rotatable bonds is 6. The average Bonchev–Trinajstić information content (AvgIpc) is 2.41. The van der Waals surface area contributed by atoms with Gasteiger partial charge in [-0.2, -0.15) is 0 Å². The van der Waals surface area contributed by atoms with E-state index in [2.05, 4.69) is 53.0 Å². The summed E-state index contributed by atoms with van der Waals surface area (Å²) in [5.41, 5.74) is 1.35. The van der Waals surface area contributed by atoms with Gasteiger partial charge in [0.25, 0.3) is 0 Å². The smallest absolute Gasteiger partial charge is 0.126 e. The lowest BCUT2D eigenvalue weighted by Gasteiger charge is -2.35. The summed E-state index contributed by atoms with van der Waals surface area (Å²) in [6.45, 7) is 14.6. The van der Waals surface area contributed by atoms with Crippen molar-refractivity contribution in [3.8, 4) is 0 Å². The molecule has 1 aliphatic rings. The Hall–Kier alpha value is -1.13. The Bertz CT molecular complexity index is 397. The predicted octanol–water partition coefficient (Wildman–Crippen LogP) is 2.29. The minimum absolute atomic E-state index is 0.768. The lowest BCUT2D eigenvalue weighted by molar-refractivity contribution is 0.117. The maximum absolute atomic E-state index is 4.33. The lowest BCUT2D eigenvalue weighted by Crippen LogP contribution is -2.46. The van der Waals surface area contributed by atoms with Crippen molar-refractivity contribution in [2.45, 2.75) is 27.3 Å². The van der Waals surface area contributed by atoms with E-state index in [0.29, 0.717) is 0 Å². The highest BCUT2D eigenvalue weighted by atomic mass is 15.3. The SMILES string of the molecule is CCNc1cc(CN2CCN(CC(C)C)CC2)ccn1. The molecule has 4 nitrogen and oxygen atoms in total. The highest BCUT2D eigenvalue weighted by Gasteiger charge is 2.17. The van der Waals surface area contributed by atoms with Crippen molar-refractivity contribution in [3.63, 3.8) is 0 Å². The van der Waals surface area contributed by atoms with E-state index in [4.69, 9.17) is 0 Å². The van der Waals surface area contributed by atoms with Crippen LogP contribution in [-0.4, -0.2) is 54.1 Å². The molecule has 0 aromatic carbocycles. The first-order valence-corrected chi connectivity index (χ1v) is 7.81. The van der Waals surface area contributed by atoms with E-state index in [1.54, 1.807) is 0 Å². The standard InChI is InChI=1S/C16H28N4/c1-4-17-16-11-15(5-6-18-16)13-20-9-7-19(8-10-20)12-14(2)3/h5-6,11,14H,4,7-10,12-13H2,1-3H3,(H,17,18). The molecule has 0 aliphatic carbocycles. The maximum atomic E-state index is 4.33. The average molecular weight is 276 g/mol. The molecule has 1 aromatic heterocycles. The number of nitrogens with one attached hydrogen (secondary N) is 1. The number of hydrogen-bond acceptors (Lipinski definition) is 4. The Labute approximate surface area is 123 Å². The zero-order valence-corrected chi connectivity index (χ0v) is 13.1. The Morgan fingerprint density at radius 1 is 1.20 bits per heavy atom. The second-order valence-corrected chi connectivity index (χ2v) is 6.05. The Kier molecular flexibility index (Phi) is 5.80. The van der Waals surface area contributed by atoms with Crippen molar-refractivity contribution in [1.29, 1.82) is 0 Å². The van der Waals surface area contributed by atoms with Gasteiger partial charge < -0.3 is 10.2 Å². The van der Waals surface area contributed by atoms with Gasteiger partial charge in [0.15, 0.2) is 0 Å². The highest BCUT2D eigenvalue weighted by molar-refractivity contribution is 5.37. The monoisotopic (exact) mass is 276 g/mol. The van der Waals surface area contributed by atoms with Crippen LogP contribution in [0.15, 0.2) is 18.3 Å². The fourth-order valence-electron chi connectivity index (χ4n) is 2.76. The van der Waals surface area contributed by atoms with Crippen molar-refractivity contribution in [2.75, 3.05) is 44.6 Å². The fourth-order valence-corrected chi connectivity index (χ4v) is 2.76. The van der Waals surface area contributed by atoms with E-state index in [-0.39, 0.29) is 0 Å². The van der Waals surface area contributed by atoms with Crippen LogP contribution in [0.2, 0.25) is 0 Å². The first kappa shape index (κ1) is 15.3. The number of pyridine rings is 1. The molecule has 20 heavy (non-hydrogen) atoms. The predicted molar refractivity (Wildman–Crippen MR) is 85.0 cm³/mol. The molecular formula is C16H28N4. The summed E-state index contributed by atoms with van der Waals surface area (Å²) in [5, 5.41) is 3.28. The quantitative estimate of drug-likeness (QED) is 0.864. The molecule has 1 saturated heterocycles. The number of aromatic nitrogens is 1. The van der Waals surface area contributed by atoms with Gasteiger partial charge in [0.2, 0.25) is 0 Å². The molecule has 0 amide bonds. The van der Waals surface area contributed by atoms with Crippen LogP contribution < -0.4 is 5.32 Å². The van der Waals surface area contributed by atoms with Gasteiger partial charge in [-0.25, -0.2) is 4.98 Å². The van der Waals surface area contributed by atoms with Crippen LogP contribution in [0.3, 0.4) is 0 Å². The van der Waals surface area contributed by atoms with Crippen LogP contribution in [0.5, 0.6) is 0 Å². The second-order valence-electron chi connectivity index (χ2n) is 6.05. The van der Waals surface area contributed by atoms with Crippen LogP contribution in [0, 0.1) is 5.92 Å². The zero-order chi connectivity index (χ0) is 14.4. The second kappa shape index (κ2) is 7.60. The third-order valence-electron chi connectivity index (χ3n) is 3.68. The van der Waals surface area contributed by atoms with Crippen molar-refractivity contribution in [1.82, 2.24) is 14.8 Å². The highest BCUT2D eigenvalue weighted by Crippen LogP contribution is 2.12. The number of nitrogens with zero attached hydrogens (tertiary/aromatic N) is 3. The molecule has 0 radical (unpaired) electrons. The van der Waals surface area contributed by atoms with Crippen molar-refractivity contribution in [3.05, 3.63) is 23.9 Å². The molecule has 0 spiro atoms. The third-order valence-corrected chi connectivity index (χ3v) is 3.68. The summed E-state index contributed by atoms with van der Waals surface area (Å²) in [4.78, 5) is 9.45. The Morgan fingerprint density at radius 3 is 2.55 bits per heavy atom. The first-order valence-electron chi connectivity index (χ1n) is 7.81. The summed E-state index contributed by atoms with van der Waals surface area (Å²) in [6.07, 6.45) is 1.91. The molecule has 0 unspecified atom stereocenters. The minimum Gasteiger partial charge on any atom is -0.370 e. The molecule has 0 atom stereocenters. The summed E-state index contributed by atoms with van der Waals surface area (Å²) in [7, 11) is 0. The molecule has 1 aromatic rings. The molecular weight excluding hydrogens is 248 g/mol. The van der Waals surface area contributed by atoms with E-state index in [1.807, 2.05) is 6.20 Å². The summed E-state index contributed by atoms with van der Waals surface area (Å²) < 4.78 is 0. The normalized spacial score (nSPS) is 17.6. The van der Waals surface area contributed by atoms with Crippen molar-refractivity contribution < 1.29 is 0 Å². The number of piperazine rings is 1. The van der Waals surface area contributed by atoms with Crippen molar-refractivity contribution >= 4 is 5.82 Å². The minimum atomic E-state index is 0.768. The molecule has 0 bridgehead atoms. The zero-order valence-electron chi connectivity index (χ0n) is 13.1. The van der Waals surface area contributed by atoms with Gasteiger partial charge in [-0.1, -0.05) is 13.8 Å². The molecule has 112 valence electrons. The van der Waals surface area contributed by atoms with Crippen LogP contribution in [0.1, 0.15) is 26.3 Å². The molecule has 2 heterocycles. The Morgan fingerprint density at radius 2 is 1.90 bits per heavy atom. The maximum Gasteiger partial charge on any atom is 0.126 e. The summed E-state index contributed by atoms with van der Waals surface area (Å²) >= 11 is 0. The van der Waals surface area contributed by atoms with Gasteiger partial charge in [-0.05, 0) is 30.5 Å². The van der Waals surface area contributed by atoms with E-state index >= 15 is 0 Å². The molecule has 0 saturated carbocycles. The van der Waals surface area contributed by atoms with Gasteiger partial charge >= 0.3 is 0 Å². The summed E-state index contributed by atoms with van der Waals surface area (Å²) in [6, 6.07) is 4.30. The van der Waals surface area contributed by atoms with Gasteiger partial charge in [-0.15, -0.1) is 0 Å². The van der Waals surface area contributed by atoms with Gasteiger partial charge in [0.05, 0.1) is 0 Å². The molecule has 2 rings (SSSR count). The van der Waals surface area contributed by atoms with E-state index in [0.717, 1.165) is 24.8 Å². The largest absolute Gasteiger partial charge is 0.370 e. The van der Waals surface area contributed by atoms with Crippen LogP contribution in [-0.2, 0) is 6.54 Å². The van der Waals surface area contributed by atoms with E-state index < -0.39 is 0 Å².